The summed E-state index contributed by atoms with van der Waals surface area (Å²) in [5.74, 6) is 0.924. The van der Waals surface area contributed by atoms with Crippen LogP contribution in [0.4, 0.5) is 0 Å². The van der Waals surface area contributed by atoms with Gasteiger partial charge in [-0.1, -0.05) is 0 Å². The lowest BCUT2D eigenvalue weighted by Gasteiger charge is -2.27. The standard InChI is InChI=1S/C13H16N2O2/c1-17-12-4-2-9(3-5-12)13(16)15-8-10-6-11(15)7-14-10/h2-5,10-11,14H,6-8H2,1H3. The number of carbonyl (C=O) groups excluding carboxylic acids is 1. The molecule has 2 fully saturated rings. The minimum absolute atomic E-state index is 0.140. The smallest absolute Gasteiger partial charge is 0.254 e. The molecule has 1 aromatic carbocycles. The van der Waals surface area contributed by atoms with Crippen molar-refractivity contribution in [1.82, 2.24) is 10.2 Å². The van der Waals surface area contributed by atoms with Crippen molar-refractivity contribution in [3.63, 3.8) is 0 Å². The maximum atomic E-state index is 12.3. The minimum atomic E-state index is 0.140. The molecule has 2 atom stereocenters. The van der Waals surface area contributed by atoms with Gasteiger partial charge in [0.15, 0.2) is 0 Å². The van der Waals surface area contributed by atoms with Gasteiger partial charge in [-0.05, 0) is 30.7 Å². The van der Waals surface area contributed by atoms with Crippen LogP contribution in [0.5, 0.6) is 5.75 Å². The molecule has 2 bridgehead atoms. The molecule has 1 N–H and O–H groups in total. The van der Waals surface area contributed by atoms with Crippen molar-refractivity contribution >= 4 is 5.91 Å². The average molecular weight is 232 g/mol. The van der Waals surface area contributed by atoms with Crippen LogP contribution in [0, 0.1) is 0 Å². The van der Waals surface area contributed by atoms with E-state index < -0.39 is 0 Å². The number of hydrogen-bond donors (Lipinski definition) is 1. The lowest BCUT2D eigenvalue weighted by atomic mass is 10.1. The van der Waals surface area contributed by atoms with Crippen molar-refractivity contribution in [2.24, 2.45) is 0 Å². The number of likely N-dealkylation sites (tertiary alicyclic amines) is 1. The second-order valence-electron chi connectivity index (χ2n) is 4.68. The van der Waals surface area contributed by atoms with Crippen molar-refractivity contribution in [2.75, 3.05) is 20.2 Å². The first-order valence-corrected chi connectivity index (χ1v) is 5.96. The summed E-state index contributed by atoms with van der Waals surface area (Å²) in [5, 5.41) is 3.40. The van der Waals surface area contributed by atoms with Gasteiger partial charge in [0.1, 0.15) is 5.75 Å². The van der Waals surface area contributed by atoms with Crippen LogP contribution < -0.4 is 10.1 Å². The van der Waals surface area contributed by atoms with Crippen LogP contribution in [0.3, 0.4) is 0 Å². The number of carbonyl (C=O) groups is 1. The van der Waals surface area contributed by atoms with E-state index >= 15 is 0 Å². The fraction of sp³-hybridized carbons (Fsp3) is 0.462. The van der Waals surface area contributed by atoms with Gasteiger partial charge in [0.05, 0.1) is 7.11 Å². The fourth-order valence-corrected chi connectivity index (χ4v) is 2.71. The van der Waals surface area contributed by atoms with Crippen LogP contribution in [0.25, 0.3) is 0 Å². The van der Waals surface area contributed by atoms with E-state index in [4.69, 9.17) is 4.74 Å². The first kappa shape index (κ1) is 10.6. The Labute approximate surface area is 101 Å². The first-order valence-electron chi connectivity index (χ1n) is 5.96. The van der Waals surface area contributed by atoms with Crippen molar-refractivity contribution in [2.45, 2.75) is 18.5 Å². The van der Waals surface area contributed by atoms with Gasteiger partial charge in [-0.25, -0.2) is 0 Å². The molecule has 2 unspecified atom stereocenters. The first-order chi connectivity index (χ1) is 8.28. The van der Waals surface area contributed by atoms with Crippen LogP contribution in [0.15, 0.2) is 24.3 Å². The molecular formula is C13H16N2O2. The predicted molar refractivity (Wildman–Crippen MR) is 64.2 cm³/mol. The molecule has 0 aliphatic carbocycles. The van der Waals surface area contributed by atoms with Crippen LogP contribution in [-0.4, -0.2) is 43.1 Å². The molecular weight excluding hydrogens is 216 g/mol. The fourth-order valence-electron chi connectivity index (χ4n) is 2.71. The third-order valence-corrected chi connectivity index (χ3v) is 3.65. The molecule has 0 spiro atoms. The van der Waals surface area contributed by atoms with E-state index in [-0.39, 0.29) is 5.91 Å². The second kappa shape index (κ2) is 4.04. The maximum Gasteiger partial charge on any atom is 0.254 e. The molecule has 2 saturated heterocycles. The maximum absolute atomic E-state index is 12.3. The molecule has 0 saturated carbocycles. The molecule has 90 valence electrons. The Balaban J connectivity index is 1.77. The molecule has 4 nitrogen and oxygen atoms in total. The lowest BCUT2D eigenvalue weighted by molar-refractivity contribution is 0.0716. The van der Waals surface area contributed by atoms with Crippen molar-refractivity contribution in [3.05, 3.63) is 29.8 Å². The molecule has 2 aliphatic heterocycles. The number of nitrogens with one attached hydrogen (secondary N) is 1. The highest BCUT2D eigenvalue weighted by molar-refractivity contribution is 5.94. The Morgan fingerprint density at radius 2 is 2.18 bits per heavy atom. The molecule has 17 heavy (non-hydrogen) atoms. The monoisotopic (exact) mass is 232 g/mol. The number of piperazine rings is 1. The molecule has 3 rings (SSSR count). The zero-order valence-corrected chi connectivity index (χ0v) is 9.85. The number of fused-ring (bicyclic) bond motifs is 2. The summed E-state index contributed by atoms with van der Waals surface area (Å²) in [4.78, 5) is 14.3. The van der Waals surface area contributed by atoms with E-state index in [1.807, 2.05) is 29.2 Å². The van der Waals surface area contributed by atoms with E-state index in [2.05, 4.69) is 5.32 Å². The predicted octanol–water partition coefficient (Wildman–Crippen LogP) is 0.881. The molecule has 0 aromatic heterocycles. The Kier molecular flexibility index (Phi) is 2.52. The molecule has 0 radical (unpaired) electrons. The third kappa shape index (κ3) is 1.78. The Morgan fingerprint density at radius 3 is 2.71 bits per heavy atom. The molecule has 2 aliphatic rings. The largest absolute Gasteiger partial charge is 0.497 e. The van der Waals surface area contributed by atoms with Crippen LogP contribution in [-0.2, 0) is 0 Å². The topological polar surface area (TPSA) is 41.6 Å². The zero-order valence-electron chi connectivity index (χ0n) is 9.85. The van der Waals surface area contributed by atoms with Crippen molar-refractivity contribution in [1.29, 1.82) is 0 Å². The SMILES string of the molecule is COc1ccc(C(=O)N2CC3CC2CN3)cc1. The van der Waals surface area contributed by atoms with E-state index in [1.165, 1.54) is 0 Å². The number of amides is 1. The summed E-state index contributed by atoms with van der Waals surface area (Å²) in [7, 11) is 1.63. The molecule has 2 heterocycles. The second-order valence-corrected chi connectivity index (χ2v) is 4.68. The zero-order chi connectivity index (χ0) is 11.8. The van der Waals surface area contributed by atoms with Gasteiger partial charge < -0.3 is 15.0 Å². The van der Waals surface area contributed by atoms with Gasteiger partial charge >= 0.3 is 0 Å². The van der Waals surface area contributed by atoms with Gasteiger partial charge in [0, 0.05) is 30.7 Å². The average Bonchev–Trinajstić information content (AvgIpc) is 3.00. The normalized spacial score (nSPS) is 26.3. The summed E-state index contributed by atoms with van der Waals surface area (Å²) in [6.45, 7) is 1.78. The van der Waals surface area contributed by atoms with Crippen molar-refractivity contribution in [3.8, 4) is 5.75 Å². The molecule has 1 amide bonds. The van der Waals surface area contributed by atoms with Crippen LogP contribution >= 0.6 is 0 Å². The van der Waals surface area contributed by atoms with Gasteiger partial charge in [-0.15, -0.1) is 0 Å². The Bertz CT molecular complexity index is 430. The van der Waals surface area contributed by atoms with Crippen LogP contribution in [0.2, 0.25) is 0 Å². The summed E-state index contributed by atoms with van der Waals surface area (Å²) >= 11 is 0. The summed E-state index contributed by atoms with van der Waals surface area (Å²) < 4.78 is 5.09. The highest BCUT2D eigenvalue weighted by atomic mass is 16.5. The van der Waals surface area contributed by atoms with Gasteiger partial charge in [0.25, 0.3) is 5.91 Å². The quantitative estimate of drug-likeness (QED) is 0.823. The number of ether oxygens (including phenoxy) is 1. The van der Waals surface area contributed by atoms with E-state index in [1.54, 1.807) is 7.11 Å². The van der Waals surface area contributed by atoms with E-state index in [9.17, 15) is 4.79 Å². The summed E-state index contributed by atoms with van der Waals surface area (Å²) in [6, 6.07) is 8.22. The molecule has 1 aromatic rings. The van der Waals surface area contributed by atoms with E-state index in [0.29, 0.717) is 12.1 Å². The third-order valence-electron chi connectivity index (χ3n) is 3.65. The van der Waals surface area contributed by atoms with Gasteiger partial charge in [-0.3, -0.25) is 4.79 Å². The Hall–Kier alpha value is -1.55. The Morgan fingerprint density at radius 1 is 1.41 bits per heavy atom. The number of hydrogen-bond acceptors (Lipinski definition) is 3. The van der Waals surface area contributed by atoms with Gasteiger partial charge in [-0.2, -0.15) is 0 Å². The number of benzene rings is 1. The highest BCUT2D eigenvalue weighted by Gasteiger charge is 2.40. The summed E-state index contributed by atoms with van der Waals surface area (Å²) in [5.41, 5.74) is 0.748. The van der Waals surface area contributed by atoms with Gasteiger partial charge in [0.2, 0.25) is 0 Å². The number of nitrogens with zero attached hydrogens (tertiary/aromatic N) is 1. The molecule has 4 heteroatoms. The van der Waals surface area contributed by atoms with Crippen molar-refractivity contribution < 1.29 is 9.53 Å². The minimum Gasteiger partial charge on any atom is -0.497 e. The number of methoxy groups -OCH3 is 1. The lowest BCUT2D eigenvalue weighted by Crippen LogP contribution is -2.46. The summed E-state index contributed by atoms with van der Waals surface area (Å²) in [6.07, 6.45) is 1.10. The number of rotatable bonds is 2. The van der Waals surface area contributed by atoms with Crippen LogP contribution in [0.1, 0.15) is 16.8 Å². The van der Waals surface area contributed by atoms with E-state index in [0.717, 1.165) is 30.8 Å². The highest BCUT2D eigenvalue weighted by Crippen LogP contribution is 2.25.